The normalized spacial score (nSPS) is 12.6. The molecule has 0 aromatic rings. The lowest BCUT2D eigenvalue weighted by Crippen LogP contribution is -2.37. The first kappa shape index (κ1) is 16.7. The smallest absolute Gasteiger partial charge is 0.246 e. The Kier molecular flexibility index (Phi) is 7.10. The van der Waals surface area contributed by atoms with Gasteiger partial charge in [0.1, 0.15) is 6.61 Å². The van der Waals surface area contributed by atoms with E-state index in [1.807, 2.05) is 20.8 Å². The van der Waals surface area contributed by atoms with Gasteiger partial charge in [-0.1, -0.05) is 13.8 Å². The van der Waals surface area contributed by atoms with E-state index in [0.29, 0.717) is 12.4 Å². The van der Waals surface area contributed by atoms with E-state index < -0.39 is 0 Å². The van der Waals surface area contributed by atoms with Crippen molar-refractivity contribution in [3.05, 3.63) is 0 Å². The highest BCUT2D eigenvalue weighted by Crippen LogP contribution is 2.21. The summed E-state index contributed by atoms with van der Waals surface area (Å²) in [6.07, 6.45) is 1.99. The van der Waals surface area contributed by atoms with Crippen molar-refractivity contribution in [2.45, 2.75) is 53.1 Å². The van der Waals surface area contributed by atoms with Gasteiger partial charge >= 0.3 is 0 Å². The lowest BCUT2D eigenvalue weighted by Gasteiger charge is -2.25. The predicted octanol–water partition coefficient (Wildman–Crippen LogP) is 2.96. The van der Waals surface area contributed by atoms with Crippen molar-refractivity contribution in [2.24, 2.45) is 5.41 Å². The average Bonchev–Trinajstić information content (AvgIpc) is 2.20. The van der Waals surface area contributed by atoms with Crippen molar-refractivity contribution in [1.82, 2.24) is 5.32 Å². The van der Waals surface area contributed by atoms with E-state index >= 15 is 0 Å². The number of hydrogen-bond acceptors (Lipinski definition) is 2. The van der Waals surface area contributed by atoms with Crippen LogP contribution < -0.4 is 5.32 Å². The monoisotopic (exact) mass is 263 g/mol. The number of hydrogen-bond donors (Lipinski definition) is 1. The molecule has 0 rings (SSSR count). The summed E-state index contributed by atoms with van der Waals surface area (Å²) in [5.41, 5.74) is -0.183. The molecule has 0 saturated carbocycles. The molecule has 0 saturated heterocycles. The molecule has 102 valence electrons. The molecule has 17 heavy (non-hydrogen) atoms. The zero-order chi connectivity index (χ0) is 13.5. The van der Waals surface area contributed by atoms with Gasteiger partial charge < -0.3 is 10.1 Å². The van der Waals surface area contributed by atoms with E-state index in [-0.39, 0.29) is 23.5 Å². The maximum absolute atomic E-state index is 11.5. The fraction of sp³-hybridized carbons (Fsp3) is 0.923. The molecule has 0 radical (unpaired) electrons. The highest BCUT2D eigenvalue weighted by Gasteiger charge is 2.19. The van der Waals surface area contributed by atoms with Crippen LogP contribution in [0.15, 0.2) is 0 Å². The second kappa shape index (κ2) is 7.22. The summed E-state index contributed by atoms with van der Waals surface area (Å²) >= 11 is 5.66. The van der Waals surface area contributed by atoms with Crippen molar-refractivity contribution in [1.29, 1.82) is 0 Å². The Morgan fingerprint density at radius 3 is 2.29 bits per heavy atom. The van der Waals surface area contributed by atoms with Crippen LogP contribution in [0.25, 0.3) is 0 Å². The molecule has 4 heteroatoms. The Morgan fingerprint density at radius 1 is 1.24 bits per heavy atom. The fourth-order valence-corrected chi connectivity index (χ4v) is 1.44. The molecule has 0 spiro atoms. The van der Waals surface area contributed by atoms with Crippen LogP contribution in [-0.4, -0.2) is 30.5 Å². The number of rotatable bonds is 7. The van der Waals surface area contributed by atoms with Crippen LogP contribution in [0, 0.1) is 5.41 Å². The summed E-state index contributed by atoms with van der Waals surface area (Å²) in [4.78, 5) is 11.5. The number of carbonyl (C=O) groups excluding carboxylic acids is 1. The van der Waals surface area contributed by atoms with Gasteiger partial charge in [0.2, 0.25) is 5.91 Å². The van der Waals surface area contributed by atoms with Gasteiger partial charge in [0.05, 0.1) is 5.60 Å². The average molecular weight is 264 g/mol. The standard InChI is InChI=1S/C13H26ClNO2/c1-12(2,3)17-9-11(16)15-10-13(4,5)7-6-8-14/h6-10H2,1-5H3,(H,15,16). The van der Waals surface area contributed by atoms with Gasteiger partial charge in [-0.3, -0.25) is 4.79 Å². The van der Waals surface area contributed by atoms with Crippen molar-refractivity contribution in [3.63, 3.8) is 0 Å². The van der Waals surface area contributed by atoms with Gasteiger partial charge in [-0.2, -0.15) is 0 Å². The molecule has 0 aliphatic heterocycles. The van der Waals surface area contributed by atoms with Gasteiger partial charge in [-0.25, -0.2) is 0 Å². The van der Waals surface area contributed by atoms with Crippen LogP contribution in [-0.2, 0) is 9.53 Å². The SMILES string of the molecule is CC(C)(CCCCl)CNC(=O)COC(C)(C)C. The molecule has 0 bridgehead atoms. The zero-order valence-corrected chi connectivity index (χ0v) is 12.5. The number of halogens is 1. The van der Waals surface area contributed by atoms with E-state index in [4.69, 9.17) is 16.3 Å². The summed E-state index contributed by atoms with van der Waals surface area (Å²) in [6.45, 7) is 10.8. The molecule has 0 aromatic heterocycles. The van der Waals surface area contributed by atoms with E-state index in [1.165, 1.54) is 0 Å². The molecule has 0 aliphatic carbocycles. The molecule has 0 aliphatic rings. The van der Waals surface area contributed by atoms with Crippen LogP contribution in [0.2, 0.25) is 0 Å². The van der Waals surface area contributed by atoms with E-state index in [2.05, 4.69) is 19.2 Å². The van der Waals surface area contributed by atoms with Crippen molar-refractivity contribution in [2.75, 3.05) is 19.0 Å². The molecule has 1 amide bonds. The highest BCUT2D eigenvalue weighted by molar-refractivity contribution is 6.17. The van der Waals surface area contributed by atoms with E-state index in [9.17, 15) is 4.79 Å². The molecular formula is C13H26ClNO2. The Balaban J connectivity index is 3.83. The molecule has 0 heterocycles. The predicted molar refractivity (Wildman–Crippen MR) is 72.4 cm³/mol. The molecule has 3 nitrogen and oxygen atoms in total. The fourth-order valence-electron chi connectivity index (χ4n) is 1.30. The number of carbonyl (C=O) groups is 1. The zero-order valence-electron chi connectivity index (χ0n) is 11.7. The first-order valence-electron chi connectivity index (χ1n) is 6.13. The van der Waals surface area contributed by atoms with Crippen LogP contribution in [0.3, 0.4) is 0 Å². The minimum atomic E-state index is -0.272. The minimum absolute atomic E-state index is 0.0566. The van der Waals surface area contributed by atoms with E-state index in [0.717, 1.165) is 12.8 Å². The van der Waals surface area contributed by atoms with Crippen molar-refractivity contribution < 1.29 is 9.53 Å². The first-order chi connectivity index (χ1) is 7.66. The summed E-state index contributed by atoms with van der Waals surface area (Å²) in [7, 11) is 0. The third-order valence-electron chi connectivity index (χ3n) is 2.39. The third-order valence-corrected chi connectivity index (χ3v) is 2.65. The van der Waals surface area contributed by atoms with Gasteiger partial charge in [0, 0.05) is 12.4 Å². The molecule has 0 unspecified atom stereocenters. The van der Waals surface area contributed by atoms with Gasteiger partial charge in [0.15, 0.2) is 0 Å². The van der Waals surface area contributed by atoms with Crippen LogP contribution in [0.1, 0.15) is 47.5 Å². The lowest BCUT2D eigenvalue weighted by molar-refractivity contribution is -0.131. The second-order valence-corrected chi connectivity index (χ2v) is 6.51. The number of amides is 1. The van der Waals surface area contributed by atoms with E-state index in [1.54, 1.807) is 0 Å². The first-order valence-corrected chi connectivity index (χ1v) is 6.66. The number of nitrogens with one attached hydrogen (secondary N) is 1. The molecule has 1 N–H and O–H groups in total. The topological polar surface area (TPSA) is 38.3 Å². The van der Waals surface area contributed by atoms with Crippen LogP contribution >= 0.6 is 11.6 Å². The minimum Gasteiger partial charge on any atom is -0.366 e. The second-order valence-electron chi connectivity index (χ2n) is 6.13. The van der Waals surface area contributed by atoms with Gasteiger partial charge in [0.25, 0.3) is 0 Å². The Hall–Kier alpha value is -0.280. The Labute approximate surface area is 110 Å². The third kappa shape index (κ3) is 10.6. The molecule has 0 atom stereocenters. The van der Waals surface area contributed by atoms with Crippen molar-refractivity contribution in [3.8, 4) is 0 Å². The van der Waals surface area contributed by atoms with Crippen molar-refractivity contribution >= 4 is 17.5 Å². The van der Waals surface area contributed by atoms with Crippen LogP contribution in [0.4, 0.5) is 0 Å². The van der Waals surface area contributed by atoms with Crippen LogP contribution in [0.5, 0.6) is 0 Å². The maximum Gasteiger partial charge on any atom is 0.246 e. The largest absolute Gasteiger partial charge is 0.366 e. The van der Waals surface area contributed by atoms with Gasteiger partial charge in [-0.05, 0) is 39.0 Å². The Bertz CT molecular complexity index is 234. The summed E-state index contributed by atoms with van der Waals surface area (Å²) in [6, 6.07) is 0. The quantitative estimate of drug-likeness (QED) is 0.717. The molecule has 0 aromatic carbocycles. The summed E-state index contributed by atoms with van der Waals surface area (Å²) in [5.74, 6) is 0.615. The summed E-state index contributed by atoms with van der Waals surface area (Å²) < 4.78 is 5.40. The summed E-state index contributed by atoms with van der Waals surface area (Å²) in [5, 5.41) is 2.90. The molecule has 0 fully saturated rings. The lowest BCUT2D eigenvalue weighted by atomic mass is 9.88. The number of alkyl halides is 1. The molecular weight excluding hydrogens is 238 g/mol. The maximum atomic E-state index is 11.5. The number of ether oxygens (including phenoxy) is 1. The highest BCUT2D eigenvalue weighted by atomic mass is 35.5. The van der Waals surface area contributed by atoms with Gasteiger partial charge in [-0.15, -0.1) is 11.6 Å². The Morgan fingerprint density at radius 2 is 1.82 bits per heavy atom.